The SMILES string of the molecule is Cn1c(CN2CC[C@](C)(NCC(=O)O)C2)nc2cc(Cl)ccc21. The third-order valence-electron chi connectivity index (χ3n) is 4.52. The van der Waals surface area contributed by atoms with Crippen molar-refractivity contribution in [3.63, 3.8) is 0 Å². The van der Waals surface area contributed by atoms with Crippen LogP contribution in [0.15, 0.2) is 18.2 Å². The molecule has 1 aliphatic heterocycles. The van der Waals surface area contributed by atoms with Crippen LogP contribution >= 0.6 is 11.6 Å². The van der Waals surface area contributed by atoms with Gasteiger partial charge >= 0.3 is 5.97 Å². The van der Waals surface area contributed by atoms with Crippen molar-refractivity contribution in [1.29, 1.82) is 0 Å². The third kappa shape index (κ3) is 3.49. The van der Waals surface area contributed by atoms with Crippen molar-refractivity contribution in [3.05, 3.63) is 29.0 Å². The van der Waals surface area contributed by atoms with E-state index in [1.807, 2.05) is 25.2 Å². The molecular weight excluding hydrogens is 316 g/mol. The lowest BCUT2D eigenvalue weighted by Crippen LogP contribution is -2.46. The lowest BCUT2D eigenvalue weighted by molar-refractivity contribution is -0.136. The molecule has 3 rings (SSSR count). The van der Waals surface area contributed by atoms with Crippen molar-refractivity contribution in [2.45, 2.75) is 25.4 Å². The molecule has 0 bridgehead atoms. The number of aromatic nitrogens is 2. The Morgan fingerprint density at radius 1 is 1.52 bits per heavy atom. The summed E-state index contributed by atoms with van der Waals surface area (Å²) in [4.78, 5) is 17.7. The van der Waals surface area contributed by atoms with Crippen LogP contribution in [0.25, 0.3) is 11.0 Å². The molecule has 2 N–H and O–H groups in total. The van der Waals surface area contributed by atoms with Crippen LogP contribution in [0.5, 0.6) is 0 Å². The van der Waals surface area contributed by atoms with E-state index in [4.69, 9.17) is 16.7 Å². The zero-order valence-electron chi connectivity index (χ0n) is 13.3. The van der Waals surface area contributed by atoms with Gasteiger partial charge in [-0.3, -0.25) is 9.69 Å². The van der Waals surface area contributed by atoms with Gasteiger partial charge in [0.15, 0.2) is 0 Å². The lowest BCUT2D eigenvalue weighted by atomic mass is 10.0. The quantitative estimate of drug-likeness (QED) is 0.872. The van der Waals surface area contributed by atoms with Crippen molar-refractivity contribution in [1.82, 2.24) is 19.8 Å². The number of carboxylic acid groups (broad SMARTS) is 1. The molecule has 1 aromatic heterocycles. The van der Waals surface area contributed by atoms with Crippen LogP contribution in [0.2, 0.25) is 5.02 Å². The maximum absolute atomic E-state index is 10.7. The van der Waals surface area contributed by atoms with Gasteiger partial charge in [-0.15, -0.1) is 0 Å². The summed E-state index contributed by atoms with van der Waals surface area (Å²) in [6, 6.07) is 5.73. The summed E-state index contributed by atoms with van der Waals surface area (Å²) in [7, 11) is 2.01. The fourth-order valence-electron chi connectivity index (χ4n) is 3.19. The molecule has 1 fully saturated rings. The van der Waals surface area contributed by atoms with E-state index in [0.29, 0.717) is 5.02 Å². The average Bonchev–Trinajstić information content (AvgIpc) is 2.99. The lowest BCUT2D eigenvalue weighted by Gasteiger charge is -2.25. The largest absolute Gasteiger partial charge is 0.480 e. The van der Waals surface area contributed by atoms with Gasteiger partial charge in [0.05, 0.1) is 24.1 Å². The predicted octanol–water partition coefficient (Wildman–Crippen LogP) is 1.87. The van der Waals surface area contributed by atoms with Crippen LogP contribution in [0, 0.1) is 0 Å². The van der Waals surface area contributed by atoms with Gasteiger partial charge in [0.25, 0.3) is 0 Å². The summed E-state index contributed by atoms with van der Waals surface area (Å²) in [5.41, 5.74) is 1.81. The second-order valence-corrected chi connectivity index (χ2v) is 6.93. The minimum absolute atomic E-state index is 0.00483. The summed E-state index contributed by atoms with van der Waals surface area (Å²) >= 11 is 6.03. The van der Waals surface area contributed by atoms with Gasteiger partial charge < -0.3 is 15.0 Å². The van der Waals surface area contributed by atoms with Crippen LogP contribution in [0.4, 0.5) is 0 Å². The first-order chi connectivity index (χ1) is 10.9. The summed E-state index contributed by atoms with van der Waals surface area (Å²) < 4.78 is 2.09. The van der Waals surface area contributed by atoms with Crippen LogP contribution in [-0.2, 0) is 18.4 Å². The van der Waals surface area contributed by atoms with E-state index in [1.165, 1.54) is 0 Å². The number of carboxylic acids is 1. The van der Waals surface area contributed by atoms with Crippen LogP contribution in [0.3, 0.4) is 0 Å². The van der Waals surface area contributed by atoms with Gasteiger partial charge in [-0.2, -0.15) is 0 Å². The molecule has 0 amide bonds. The number of aryl methyl sites for hydroxylation is 1. The first kappa shape index (κ1) is 16.2. The number of nitrogens with one attached hydrogen (secondary N) is 1. The number of likely N-dealkylation sites (tertiary alicyclic amines) is 1. The molecule has 2 aromatic rings. The van der Waals surface area contributed by atoms with Crippen molar-refractivity contribution in [2.24, 2.45) is 7.05 Å². The molecule has 1 atom stereocenters. The summed E-state index contributed by atoms with van der Waals surface area (Å²) in [6.45, 7) is 4.55. The number of aliphatic carboxylic acids is 1. The highest BCUT2D eigenvalue weighted by Crippen LogP contribution is 2.24. The molecule has 23 heavy (non-hydrogen) atoms. The van der Waals surface area contributed by atoms with Crippen LogP contribution < -0.4 is 5.32 Å². The predicted molar refractivity (Wildman–Crippen MR) is 89.7 cm³/mol. The number of fused-ring (bicyclic) bond motifs is 1. The van der Waals surface area contributed by atoms with E-state index < -0.39 is 5.97 Å². The summed E-state index contributed by atoms with van der Waals surface area (Å²) in [6.07, 6.45) is 0.927. The normalized spacial score (nSPS) is 22.0. The Morgan fingerprint density at radius 2 is 2.30 bits per heavy atom. The Bertz CT molecular complexity index is 745. The van der Waals surface area contributed by atoms with Crippen LogP contribution in [0.1, 0.15) is 19.2 Å². The molecule has 1 saturated heterocycles. The Balaban J connectivity index is 1.71. The number of carbonyl (C=O) groups is 1. The number of hydrogen-bond donors (Lipinski definition) is 2. The fourth-order valence-corrected chi connectivity index (χ4v) is 3.36. The highest BCUT2D eigenvalue weighted by molar-refractivity contribution is 6.31. The summed E-state index contributed by atoms with van der Waals surface area (Å²) in [5.74, 6) is 0.168. The van der Waals surface area contributed by atoms with E-state index >= 15 is 0 Å². The molecule has 0 spiro atoms. The molecular formula is C16H21ClN4O2. The molecule has 0 aliphatic carbocycles. The monoisotopic (exact) mass is 336 g/mol. The highest BCUT2D eigenvalue weighted by Gasteiger charge is 2.34. The fraction of sp³-hybridized carbons (Fsp3) is 0.500. The number of benzene rings is 1. The van der Waals surface area contributed by atoms with E-state index in [1.54, 1.807) is 0 Å². The zero-order valence-corrected chi connectivity index (χ0v) is 14.1. The van der Waals surface area contributed by atoms with Gasteiger partial charge in [-0.25, -0.2) is 4.98 Å². The molecule has 0 saturated carbocycles. The van der Waals surface area contributed by atoms with E-state index in [0.717, 1.165) is 42.9 Å². The standard InChI is InChI=1S/C16H21ClN4O2/c1-16(18-8-15(22)23)5-6-21(10-16)9-14-19-12-7-11(17)3-4-13(12)20(14)2/h3-4,7,18H,5-6,8-10H2,1-2H3,(H,22,23)/t16-/m0/s1. The maximum atomic E-state index is 10.7. The van der Waals surface area contributed by atoms with E-state index in [2.05, 4.69) is 26.7 Å². The minimum atomic E-state index is -0.822. The van der Waals surface area contributed by atoms with Crippen LogP contribution in [-0.4, -0.2) is 50.7 Å². The van der Waals surface area contributed by atoms with Crippen molar-refractivity contribution in [3.8, 4) is 0 Å². The molecule has 1 aromatic carbocycles. The molecule has 7 heteroatoms. The molecule has 0 unspecified atom stereocenters. The number of nitrogens with zero attached hydrogens (tertiary/aromatic N) is 3. The average molecular weight is 337 g/mol. The molecule has 6 nitrogen and oxygen atoms in total. The Kier molecular flexibility index (Phi) is 4.31. The zero-order chi connectivity index (χ0) is 16.6. The Hall–Kier alpha value is -1.63. The number of rotatable bonds is 5. The second-order valence-electron chi connectivity index (χ2n) is 6.49. The van der Waals surface area contributed by atoms with Crippen molar-refractivity contribution >= 4 is 28.6 Å². The Morgan fingerprint density at radius 3 is 3.04 bits per heavy atom. The topological polar surface area (TPSA) is 70.4 Å². The summed E-state index contributed by atoms with van der Waals surface area (Å²) in [5, 5.41) is 12.7. The first-order valence-electron chi connectivity index (χ1n) is 7.66. The first-order valence-corrected chi connectivity index (χ1v) is 8.04. The van der Waals surface area contributed by atoms with Gasteiger partial charge in [0.1, 0.15) is 5.82 Å². The van der Waals surface area contributed by atoms with E-state index in [-0.39, 0.29) is 12.1 Å². The van der Waals surface area contributed by atoms with Gasteiger partial charge in [0, 0.05) is 30.7 Å². The third-order valence-corrected chi connectivity index (χ3v) is 4.75. The molecule has 124 valence electrons. The number of halogens is 1. The molecule has 2 heterocycles. The van der Waals surface area contributed by atoms with Gasteiger partial charge in [-0.1, -0.05) is 11.6 Å². The highest BCUT2D eigenvalue weighted by atomic mass is 35.5. The van der Waals surface area contributed by atoms with Gasteiger partial charge in [0.2, 0.25) is 0 Å². The van der Waals surface area contributed by atoms with Gasteiger partial charge in [-0.05, 0) is 31.5 Å². The van der Waals surface area contributed by atoms with E-state index in [9.17, 15) is 4.79 Å². The van der Waals surface area contributed by atoms with Crippen molar-refractivity contribution in [2.75, 3.05) is 19.6 Å². The smallest absolute Gasteiger partial charge is 0.317 e. The molecule has 0 radical (unpaired) electrons. The second kappa shape index (κ2) is 6.11. The minimum Gasteiger partial charge on any atom is -0.480 e. The molecule has 1 aliphatic rings. The number of hydrogen-bond acceptors (Lipinski definition) is 4. The number of imidazole rings is 1. The Labute approximate surface area is 140 Å². The maximum Gasteiger partial charge on any atom is 0.317 e. The van der Waals surface area contributed by atoms with Crippen molar-refractivity contribution < 1.29 is 9.90 Å².